The molecule has 4 aromatic rings. The van der Waals surface area contributed by atoms with Gasteiger partial charge in [0.05, 0.1) is 0 Å². The molecule has 26 heavy (non-hydrogen) atoms. The van der Waals surface area contributed by atoms with Gasteiger partial charge in [-0.25, -0.2) is 0 Å². The average molecular weight is 342 g/mol. The molecule has 0 saturated carbocycles. The van der Waals surface area contributed by atoms with E-state index in [1.54, 1.807) is 18.4 Å². The van der Waals surface area contributed by atoms with Gasteiger partial charge in [-0.3, -0.25) is 0 Å². The number of rotatable bonds is 4. The first kappa shape index (κ1) is 16.0. The van der Waals surface area contributed by atoms with Crippen LogP contribution < -0.4 is 5.73 Å². The van der Waals surface area contributed by atoms with E-state index in [4.69, 9.17) is 10.3 Å². The van der Waals surface area contributed by atoms with Crippen molar-refractivity contribution in [2.24, 2.45) is 0 Å². The Morgan fingerprint density at radius 2 is 1.62 bits per heavy atom. The van der Waals surface area contributed by atoms with Crippen molar-refractivity contribution in [2.75, 3.05) is 5.73 Å². The summed E-state index contributed by atoms with van der Waals surface area (Å²) in [5.41, 5.74) is 12.1. The quantitative estimate of drug-likeness (QED) is 0.554. The second-order valence-electron chi connectivity index (χ2n) is 6.19. The van der Waals surface area contributed by atoms with Crippen LogP contribution in [0.5, 0.6) is 5.75 Å². The molecular formula is C22H18N2O2. The molecule has 1 heterocycles. The van der Waals surface area contributed by atoms with Crippen LogP contribution >= 0.6 is 0 Å². The van der Waals surface area contributed by atoms with E-state index in [1.807, 2.05) is 30.3 Å². The molecular weight excluding hydrogens is 324 g/mol. The van der Waals surface area contributed by atoms with Crippen LogP contribution in [0.2, 0.25) is 0 Å². The monoisotopic (exact) mass is 342 g/mol. The molecule has 0 amide bonds. The van der Waals surface area contributed by atoms with Crippen LogP contribution in [0.3, 0.4) is 0 Å². The van der Waals surface area contributed by atoms with Gasteiger partial charge in [-0.2, -0.15) is 0 Å². The number of nitrogens with two attached hydrogens (primary N) is 1. The Morgan fingerprint density at radius 3 is 2.35 bits per heavy atom. The number of nitrogens with zero attached hydrogens (tertiary/aromatic N) is 1. The lowest BCUT2D eigenvalue weighted by atomic mass is 9.92. The summed E-state index contributed by atoms with van der Waals surface area (Å²) in [6, 6.07) is 23.8. The Bertz CT molecular complexity index is 1040. The molecule has 0 aliphatic heterocycles. The third-order valence-corrected chi connectivity index (χ3v) is 4.43. The Kier molecular flexibility index (Phi) is 4.15. The first-order valence-electron chi connectivity index (χ1n) is 8.37. The molecule has 0 radical (unpaired) electrons. The highest BCUT2D eigenvalue weighted by Gasteiger charge is 2.12. The maximum absolute atomic E-state index is 9.85. The van der Waals surface area contributed by atoms with Gasteiger partial charge in [-0.05, 0) is 39.9 Å². The number of anilines is 1. The number of benzene rings is 3. The van der Waals surface area contributed by atoms with Gasteiger partial charge in [0.25, 0.3) is 0 Å². The molecule has 1 aromatic heterocycles. The lowest BCUT2D eigenvalue weighted by Gasteiger charge is -2.13. The summed E-state index contributed by atoms with van der Waals surface area (Å²) in [7, 11) is 0. The molecule has 0 spiro atoms. The number of hydrogen-bond donors (Lipinski definition) is 2. The summed E-state index contributed by atoms with van der Waals surface area (Å²) in [5, 5.41) is 13.6. The summed E-state index contributed by atoms with van der Waals surface area (Å²) in [6.07, 6.45) is 2.18. The van der Waals surface area contributed by atoms with E-state index in [1.165, 1.54) is 0 Å². The smallest absolute Gasteiger partial charge is 0.170 e. The van der Waals surface area contributed by atoms with Gasteiger partial charge >= 0.3 is 0 Å². The largest absolute Gasteiger partial charge is 0.508 e. The Hall–Kier alpha value is -3.53. The van der Waals surface area contributed by atoms with E-state index in [0.29, 0.717) is 12.2 Å². The molecule has 0 aliphatic carbocycles. The van der Waals surface area contributed by atoms with Gasteiger partial charge < -0.3 is 15.4 Å². The van der Waals surface area contributed by atoms with Crippen LogP contribution in [0.4, 0.5) is 5.82 Å². The van der Waals surface area contributed by atoms with Crippen molar-refractivity contribution in [3.05, 3.63) is 90.2 Å². The molecule has 3 aromatic carbocycles. The van der Waals surface area contributed by atoms with Crippen LogP contribution in [0.1, 0.15) is 11.1 Å². The molecule has 4 rings (SSSR count). The van der Waals surface area contributed by atoms with E-state index in [-0.39, 0.29) is 5.75 Å². The predicted octanol–water partition coefficient (Wildman–Crippen LogP) is 4.89. The fourth-order valence-electron chi connectivity index (χ4n) is 3.11. The lowest BCUT2D eigenvalue weighted by molar-refractivity contribution is 0.422. The summed E-state index contributed by atoms with van der Waals surface area (Å²) in [4.78, 5) is 0. The molecule has 0 fully saturated rings. The predicted molar refractivity (Wildman–Crippen MR) is 103 cm³/mol. The van der Waals surface area contributed by atoms with E-state index >= 15 is 0 Å². The highest BCUT2D eigenvalue weighted by atomic mass is 16.5. The second kappa shape index (κ2) is 6.76. The molecule has 0 atom stereocenters. The van der Waals surface area contributed by atoms with Crippen LogP contribution in [0.25, 0.3) is 22.3 Å². The third-order valence-electron chi connectivity index (χ3n) is 4.43. The highest BCUT2D eigenvalue weighted by Crippen LogP contribution is 2.32. The Balaban J connectivity index is 1.84. The van der Waals surface area contributed by atoms with Gasteiger partial charge in [-0.15, -0.1) is 0 Å². The zero-order valence-electron chi connectivity index (χ0n) is 14.1. The highest BCUT2D eigenvalue weighted by molar-refractivity contribution is 5.75. The molecule has 0 bridgehead atoms. The summed E-state index contributed by atoms with van der Waals surface area (Å²) in [6.45, 7) is 0. The van der Waals surface area contributed by atoms with Gasteiger partial charge in [0, 0.05) is 12.0 Å². The van der Waals surface area contributed by atoms with Gasteiger partial charge in [0.15, 0.2) is 5.82 Å². The standard InChI is InChI=1S/C22H18N2O2/c23-22-19(14-26-24-22)12-18-11-16(15-5-2-1-3-6-15)9-10-21(18)17-7-4-8-20(25)13-17/h1-11,13-14,25H,12H2,(H2,23,24). The number of nitrogen functional groups attached to an aromatic ring is 1. The number of phenols is 1. The van der Waals surface area contributed by atoms with Crippen molar-refractivity contribution >= 4 is 5.82 Å². The molecule has 0 unspecified atom stereocenters. The Labute approximate surface area is 151 Å². The molecule has 0 saturated heterocycles. The topological polar surface area (TPSA) is 72.3 Å². The van der Waals surface area contributed by atoms with Crippen molar-refractivity contribution in [1.29, 1.82) is 0 Å². The average Bonchev–Trinajstić information content (AvgIpc) is 3.07. The molecule has 4 heteroatoms. The van der Waals surface area contributed by atoms with Gasteiger partial charge in [-0.1, -0.05) is 65.8 Å². The molecule has 4 nitrogen and oxygen atoms in total. The fourth-order valence-corrected chi connectivity index (χ4v) is 3.11. The van der Waals surface area contributed by atoms with Crippen molar-refractivity contribution in [1.82, 2.24) is 5.16 Å². The first-order chi connectivity index (χ1) is 12.7. The van der Waals surface area contributed by atoms with E-state index in [9.17, 15) is 5.11 Å². The van der Waals surface area contributed by atoms with Crippen LogP contribution in [-0.2, 0) is 6.42 Å². The number of phenolic OH excluding ortho intramolecular Hbond substituents is 1. The van der Waals surface area contributed by atoms with Crippen LogP contribution in [0.15, 0.2) is 83.6 Å². The summed E-state index contributed by atoms with van der Waals surface area (Å²) >= 11 is 0. The van der Waals surface area contributed by atoms with E-state index in [0.717, 1.165) is 33.4 Å². The maximum Gasteiger partial charge on any atom is 0.170 e. The van der Waals surface area contributed by atoms with Gasteiger partial charge in [0.1, 0.15) is 12.0 Å². The zero-order valence-corrected chi connectivity index (χ0v) is 14.1. The first-order valence-corrected chi connectivity index (χ1v) is 8.37. The van der Waals surface area contributed by atoms with Crippen LogP contribution in [-0.4, -0.2) is 10.3 Å². The third kappa shape index (κ3) is 3.17. The molecule has 3 N–H and O–H groups in total. The number of aromatic nitrogens is 1. The number of aromatic hydroxyl groups is 1. The van der Waals surface area contributed by atoms with Crippen molar-refractivity contribution in [3.8, 4) is 28.0 Å². The minimum Gasteiger partial charge on any atom is -0.508 e. The van der Waals surface area contributed by atoms with E-state index in [2.05, 4.69) is 35.5 Å². The second-order valence-corrected chi connectivity index (χ2v) is 6.19. The zero-order chi connectivity index (χ0) is 17.9. The lowest BCUT2D eigenvalue weighted by Crippen LogP contribution is -1.96. The Morgan fingerprint density at radius 1 is 0.808 bits per heavy atom. The number of hydrogen-bond acceptors (Lipinski definition) is 4. The molecule has 128 valence electrons. The summed E-state index contributed by atoms with van der Waals surface area (Å²) < 4.78 is 4.98. The minimum atomic E-state index is 0.241. The van der Waals surface area contributed by atoms with Crippen LogP contribution in [0, 0.1) is 0 Å². The van der Waals surface area contributed by atoms with Gasteiger partial charge in [0.2, 0.25) is 0 Å². The van der Waals surface area contributed by atoms with Crippen molar-refractivity contribution in [3.63, 3.8) is 0 Å². The maximum atomic E-state index is 9.85. The minimum absolute atomic E-state index is 0.241. The SMILES string of the molecule is Nc1nocc1Cc1cc(-c2ccccc2)ccc1-c1cccc(O)c1. The van der Waals surface area contributed by atoms with E-state index < -0.39 is 0 Å². The van der Waals surface area contributed by atoms with Crippen molar-refractivity contribution < 1.29 is 9.63 Å². The fraction of sp³-hybridized carbons (Fsp3) is 0.0455. The molecule has 0 aliphatic rings. The normalized spacial score (nSPS) is 10.8. The van der Waals surface area contributed by atoms with Crippen molar-refractivity contribution in [2.45, 2.75) is 6.42 Å². The summed E-state index contributed by atoms with van der Waals surface area (Å²) in [5.74, 6) is 0.641.